The molecule has 2 nitrogen and oxygen atoms in total. The molecule has 0 fully saturated rings. The third-order valence-electron chi connectivity index (χ3n) is 3.15. The number of aliphatic hydroxyl groups excluding tert-OH is 1. The molecule has 2 N–H and O–H groups in total. The van der Waals surface area contributed by atoms with Crippen LogP contribution in [0.1, 0.15) is 37.1 Å². The molecule has 100 valence electrons. The Kier molecular flexibility index (Phi) is 4.17. The molecular weight excluding hydrogens is 241 g/mol. The van der Waals surface area contributed by atoms with Crippen LogP contribution in [0, 0.1) is 5.82 Å². The van der Waals surface area contributed by atoms with Crippen LogP contribution in [0.4, 0.5) is 10.1 Å². The monoisotopic (exact) mass is 259 g/mol. The minimum absolute atomic E-state index is 0.166. The Morgan fingerprint density at radius 1 is 0.947 bits per heavy atom. The summed E-state index contributed by atoms with van der Waals surface area (Å²) in [5, 5.41) is 13.0. The summed E-state index contributed by atoms with van der Waals surface area (Å²) in [7, 11) is 0. The van der Waals surface area contributed by atoms with Crippen molar-refractivity contribution in [3.8, 4) is 0 Å². The Labute approximate surface area is 112 Å². The summed E-state index contributed by atoms with van der Waals surface area (Å²) >= 11 is 0. The van der Waals surface area contributed by atoms with Crippen LogP contribution < -0.4 is 5.32 Å². The molecule has 0 amide bonds. The molecule has 19 heavy (non-hydrogen) atoms. The third kappa shape index (κ3) is 3.12. The minimum Gasteiger partial charge on any atom is -0.389 e. The van der Waals surface area contributed by atoms with Gasteiger partial charge in [0, 0.05) is 16.8 Å². The van der Waals surface area contributed by atoms with Gasteiger partial charge >= 0.3 is 0 Å². The van der Waals surface area contributed by atoms with E-state index in [-0.39, 0.29) is 11.9 Å². The van der Waals surface area contributed by atoms with E-state index in [1.807, 2.05) is 37.3 Å². The molecule has 2 aromatic rings. The fraction of sp³-hybridized carbons (Fsp3) is 0.250. The van der Waals surface area contributed by atoms with Crippen molar-refractivity contribution in [2.24, 2.45) is 0 Å². The van der Waals surface area contributed by atoms with E-state index in [4.69, 9.17) is 0 Å². The van der Waals surface area contributed by atoms with E-state index in [2.05, 4.69) is 5.32 Å². The summed E-state index contributed by atoms with van der Waals surface area (Å²) < 4.78 is 13.7. The van der Waals surface area contributed by atoms with Crippen LogP contribution in [0.5, 0.6) is 0 Å². The summed E-state index contributed by atoms with van der Waals surface area (Å²) in [6.45, 7) is 3.62. The Morgan fingerprint density at radius 2 is 1.53 bits per heavy atom. The molecular formula is C16H18FNO. The second kappa shape index (κ2) is 5.85. The third-order valence-corrected chi connectivity index (χ3v) is 3.15. The van der Waals surface area contributed by atoms with Gasteiger partial charge in [-0.1, -0.05) is 36.4 Å². The van der Waals surface area contributed by atoms with Crippen LogP contribution in [-0.2, 0) is 0 Å². The lowest BCUT2D eigenvalue weighted by atomic mass is 10.0. The lowest BCUT2D eigenvalue weighted by Gasteiger charge is -2.20. The van der Waals surface area contributed by atoms with E-state index in [9.17, 15) is 9.50 Å². The average molecular weight is 259 g/mol. The van der Waals surface area contributed by atoms with E-state index in [1.165, 1.54) is 6.07 Å². The number of hydrogen-bond donors (Lipinski definition) is 2. The fourth-order valence-electron chi connectivity index (χ4n) is 2.13. The Hall–Kier alpha value is -1.87. The van der Waals surface area contributed by atoms with Crippen LogP contribution in [0.3, 0.4) is 0 Å². The maximum absolute atomic E-state index is 13.7. The fourth-order valence-corrected chi connectivity index (χ4v) is 2.13. The minimum atomic E-state index is -0.559. The van der Waals surface area contributed by atoms with Crippen LogP contribution in [0.2, 0.25) is 0 Å². The second-order valence-corrected chi connectivity index (χ2v) is 4.65. The van der Waals surface area contributed by atoms with Gasteiger partial charge in [0.25, 0.3) is 0 Å². The summed E-state index contributed by atoms with van der Waals surface area (Å²) in [4.78, 5) is 0. The molecule has 0 aliphatic rings. The number of rotatable bonds is 4. The van der Waals surface area contributed by atoms with E-state index >= 15 is 0 Å². The Bertz CT molecular complexity index is 554. The van der Waals surface area contributed by atoms with Crippen molar-refractivity contribution in [2.75, 3.05) is 5.32 Å². The van der Waals surface area contributed by atoms with Crippen molar-refractivity contribution in [1.29, 1.82) is 0 Å². The zero-order chi connectivity index (χ0) is 13.8. The van der Waals surface area contributed by atoms with Crippen molar-refractivity contribution in [1.82, 2.24) is 0 Å². The standard InChI is InChI=1S/C16H18FNO/c1-11(13-7-3-5-9-15(13)17)18-16-10-6-4-8-14(16)12(2)19/h3-12,18-19H,1-2H3. The number of para-hydroxylation sites is 1. The van der Waals surface area contributed by atoms with E-state index < -0.39 is 6.10 Å². The molecule has 3 heteroatoms. The van der Waals surface area contributed by atoms with E-state index in [0.717, 1.165) is 11.3 Å². The van der Waals surface area contributed by atoms with Gasteiger partial charge in [0.15, 0.2) is 0 Å². The second-order valence-electron chi connectivity index (χ2n) is 4.65. The van der Waals surface area contributed by atoms with Crippen molar-refractivity contribution >= 4 is 5.69 Å². The summed E-state index contributed by atoms with van der Waals surface area (Å²) in [6.07, 6.45) is -0.559. The van der Waals surface area contributed by atoms with E-state index in [1.54, 1.807) is 19.1 Å². The van der Waals surface area contributed by atoms with Gasteiger partial charge in [-0.25, -0.2) is 4.39 Å². The van der Waals surface area contributed by atoms with Gasteiger partial charge in [-0.3, -0.25) is 0 Å². The van der Waals surface area contributed by atoms with Crippen molar-refractivity contribution < 1.29 is 9.50 Å². The molecule has 0 saturated heterocycles. The molecule has 0 bridgehead atoms. The number of anilines is 1. The molecule has 0 aromatic heterocycles. The van der Waals surface area contributed by atoms with Gasteiger partial charge in [0.05, 0.1) is 12.1 Å². The number of nitrogens with one attached hydrogen (secondary N) is 1. The Balaban J connectivity index is 2.24. The number of halogens is 1. The maximum atomic E-state index is 13.7. The van der Waals surface area contributed by atoms with Gasteiger partial charge in [-0.05, 0) is 26.0 Å². The molecule has 2 unspecified atom stereocenters. The summed E-state index contributed by atoms with van der Waals surface area (Å²) in [5.41, 5.74) is 2.25. The van der Waals surface area contributed by atoms with Crippen LogP contribution in [0.15, 0.2) is 48.5 Å². The number of hydrogen-bond acceptors (Lipinski definition) is 2. The Morgan fingerprint density at radius 3 is 2.16 bits per heavy atom. The quantitative estimate of drug-likeness (QED) is 0.868. The van der Waals surface area contributed by atoms with Gasteiger partial charge < -0.3 is 10.4 Å². The van der Waals surface area contributed by atoms with Crippen molar-refractivity contribution in [3.05, 3.63) is 65.5 Å². The highest BCUT2D eigenvalue weighted by Crippen LogP contribution is 2.27. The first kappa shape index (κ1) is 13.6. The highest BCUT2D eigenvalue weighted by atomic mass is 19.1. The SMILES string of the molecule is CC(O)c1ccccc1NC(C)c1ccccc1F. The highest BCUT2D eigenvalue weighted by molar-refractivity contribution is 5.53. The lowest BCUT2D eigenvalue weighted by molar-refractivity contribution is 0.200. The zero-order valence-corrected chi connectivity index (χ0v) is 11.1. The van der Waals surface area contributed by atoms with Crippen LogP contribution >= 0.6 is 0 Å². The smallest absolute Gasteiger partial charge is 0.128 e. The predicted octanol–water partition coefficient (Wildman–Crippen LogP) is 4.05. The first-order valence-corrected chi connectivity index (χ1v) is 6.37. The average Bonchev–Trinajstić information content (AvgIpc) is 2.39. The first-order valence-electron chi connectivity index (χ1n) is 6.37. The molecule has 0 aliphatic heterocycles. The summed E-state index contributed by atoms with van der Waals surface area (Å²) in [5.74, 6) is -0.225. The molecule has 0 aliphatic carbocycles. The van der Waals surface area contributed by atoms with Crippen molar-refractivity contribution in [3.63, 3.8) is 0 Å². The molecule has 0 saturated carbocycles. The van der Waals surface area contributed by atoms with Gasteiger partial charge in [-0.15, -0.1) is 0 Å². The normalized spacial score (nSPS) is 13.9. The highest BCUT2D eigenvalue weighted by Gasteiger charge is 2.13. The van der Waals surface area contributed by atoms with Crippen LogP contribution in [0.25, 0.3) is 0 Å². The van der Waals surface area contributed by atoms with Gasteiger partial charge in [0.2, 0.25) is 0 Å². The largest absolute Gasteiger partial charge is 0.389 e. The number of aliphatic hydroxyl groups is 1. The van der Waals surface area contributed by atoms with Crippen LogP contribution in [-0.4, -0.2) is 5.11 Å². The number of benzene rings is 2. The van der Waals surface area contributed by atoms with Crippen molar-refractivity contribution in [2.45, 2.75) is 26.0 Å². The maximum Gasteiger partial charge on any atom is 0.128 e. The van der Waals surface area contributed by atoms with Gasteiger partial charge in [0.1, 0.15) is 5.82 Å². The predicted molar refractivity (Wildman–Crippen MR) is 75.5 cm³/mol. The molecule has 2 aromatic carbocycles. The summed E-state index contributed by atoms with van der Waals surface area (Å²) in [6, 6.07) is 14.1. The molecule has 2 rings (SSSR count). The van der Waals surface area contributed by atoms with Gasteiger partial charge in [-0.2, -0.15) is 0 Å². The molecule has 2 atom stereocenters. The molecule has 0 heterocycles. The zero-order valence-electron chi connectivity index (χ0n) is 11.1. The first-order chi connectivity index (χ1) is 9.09. The topological polar surface area (TPSA) is 32.3 Å². The lowest BCUT2D eigenvalue weighted by Crippen LogP contribution is -2.10. The molecule has 0 spiro atoms. The van der Waals surface area contributed by atoms with E-state index in [0.29, 0.717) is 5.56 Å². The molecule has 0 radical (unpaired) electrons.